The van der Waals surface area contributed by atoms with Gasteiger partial charge in [-0.05, 0) is 26.7 Å². The summed E-state index contributed by atoms with van der Waals surface area (Å²) in [7, 11) is 0. The van der Waals surface area contributed by atoms with E-state index in [-0.39, 0.29) is 11.8 Å². The zero-order valence-corrected chi connectivity index (χ0v) is 17.7. The Kier molecular flexibility index (Phi) is 7.06. The molecule has 0 saturated carbocycles. The Balaban J connectivity index is 1.46. The number of carbonyl (C=O) groups is 2. The maximum Gasteiger partial charge on any atom is 0.224 e. The zero-order valence-electron chi connectivity index (χ0n) is 17.7. The molecule has 1 saturated heterocycles. The summed E-state index contributed by atoms with van der Waals surface area (Å²) >= 11 is 0. The van der Waals surface area contributed by atoms with Gasteiger partial charge in [-0.25, -0.2) is 4.98 Å². The lowest BCUT2D eigenvalue weighted by atomic mass is 10.1. The van der Waals surface area contributed by atoms with Gasteiger partial charge in [0, 0.05) is 69.9 Å². The Hall–Kier alpha value is -2.64. The van der Waals surface area contributed by atoms with E-state index in [2.05, 4.69) is 17.1 Å². The minimum Gasteiger partial charge on any atom is -0.361 e. The van der Waals surface area contributed by atoms with Crippen molar-refractivity contribution < 1.29 is 14.1 Å². The van der Waals surface area contributed by atoms with E-state index in [9.17, 15) is 9.59 Å². The molecule has 0 aromatic carbocycles. The van der Waals surface area contributed by atoms with Crippen LogP contribution in [-0.2, 0) is 29.0 Å². The van der Waals surface area contributed by atoms with E-state index in [0.29, 0.717) is 52.0 Å². The van der Waals surface area contributed by atoms with Gasteiger partial charge in [0.15, 0.2) is 0 Å². The maximum absolute atomic E-state index is 12.7. The lowest BCUT2D eigenvalue weighted by molar-refractivity contribution is -0.133. The highest BCUT2D eigenvalue weighted by molar-refractivity contribution is 5.78. The van der Waals surface area contributed by atoms with Crippen LogP contribution in [0.2, 0.25) is 0 Å². The van der Waals surface area contributed by atoms with E-state index in [1.54, 1.807) is 6.20 Å². The number of hydrogen-bond donors (Lipinski definition) is 0. The van der Waals surface area contributed by atoms with Crippen LogP contribution in [0.3, 0.4) is 0 Å². The van der Waals surface area contributed by atoms with E-state index in [4.69, 9.17) is 4.52 Å². The Labute approximate surface area is 171 Å². The predicted molar refractivity (Wildman–Crippen MR) is 108 cm³/mol. The Morgan fingerprint density at radius 2 is 1.76 bits per heavy atom. The smallest absolute Gasteiger partial charge is 0.224 e. The molecule has 29 heavy (non-hydrogen) atoms. The van der Waals surface area contributed by atoms with Crippen LogP contribution in [0.15, 0.2) is 16.9 Å². The van der Waals surface area contributed by atoms with E-state index < -0.39 is 0 Å². The third-order valence-electron chi connectivity index (χ3n) is 5.66. The molecule has 158 valence electrons. The van der Waals surface area contributed by atoms with Crippen LogP contribution in [0.25, 0.3) is 0 Å². The Morgan fingerprint density at radius 3 is 2.38 bits per heavy atom. The molecule has 1 fully saturated rings. The molecule has 0 bridgehead atoms. The number of carbonyl (C=O) groups excluding carboxylic acids is 2. The fourth-order valence-corrected chi connectivity index (χ4v) is 3.90. The number of amides is 2. The van der Waals surface area contributed by atoms with E-state index >= 15 is 0 Å². The molecular weight excluding hydrogens is 370 g/mol. The highest BCUT2D eigenvalue weighted by atomic mass is 16.5. The number of aromatic nitrogens is 3. The van der Waals surface area contributed by atoms with Crippen LogP contribution in [0.5, 0.6) is 0 Å². The summed E-state index contributed by atoms with van der Waals surface area (Å²) in [6, 6.07) is 0. The van der Waals surface area contributed by atoms with Crippen molar-refractivity contribution in [2.24, 2.45) is 0 Å². The molecule has 0 atom stereocenters. The first kappa shape index (κ1) is 21.1. The molecule has 3 heterocycles. The van der Waals surface area contributed by atoms with Crippen molar-refractivity contribution in [3.8, 4) is 0 Å². The largest absolute Gasteiger partial charge is 0.361 e. The summed E-state index contributed by atoms with van der Waals surface area (Å²) < 4.78 is 7.21. The Bertz CT molecular complexity index is 822. The van der Waals surface area contributed by atoms with Crippen molar-refractivity contribution in [3.63, 3.8) is 0 Å². The second-order valence-corrected chi connectivity index (χ2v) is 7.56. The van der Waals surface area contributed by atoms with Gasteiger partial charge in [-0.3, -0.25) is 9.59 Å². The first-order valence-corrected chi connectivity index (χ1v) is 10.5. The van der Waals surface area contributed by atoms with E-state index in [1.165, 1.54) is 0 Å². The lowest BCUT2D eigenvalue weighted by Crippen LogP contribution is -2.37. The Morgan fingerprint density at radius 1 is 1.07 bits per heavy atom. The molecule has 0 aliphatic carbocycles. The summed E-state index contributed by atoms with van der Waals surface area (Å²) in [6.07, 6.45) is 6.92. The normalized spacial score (nSPS) is 14.9. The predicted octanol–water partition coefficient (Wildman–Crippen LogP) is 2.13. The van der Waals surface area contributed by atoms with Crippen LogP contribution in [0.1, 0.15) is 49.0 Å². The average molecular weight is 402 g/mol. The van der Waals surface area contributed by atoms with Gasteiger partial charge >= 0.3 is 0 Å². The molecule has 8 heteroatoms. The minimum atomic E-state index is 0.130. The molecule has 2 amide bonds. The first-order chi connectivity index (χ1) is 14.0. The molecule has 2 aromatic rings. The van der Waals surface area contributed by atoms with Crippen molar-refractivity contribution >= 4 is 11.8 Å². The first-order valence-electron chi connectivity index (χ1n) is 10.5. The second-order valence-electron chi connectivity index (χ2n) is 7.56. The summed E-state index contributed by atoms with van der Waals surface area (Å²) in [4.78, 5) is 33.4. The van der Waals surface area contributed by atoms with Gasteiger partial charge in [0.2, 0.25) is 11.8 Å². The monoisotopic (exact) mass is 401 g/mol. The van der Waals surface area contributed by atoms with Gasteiger partial charge in [0.1, 0.15) is 11.6 Å². The maximum atomic E-state index is 12.7. The topological polar surface area (TPSA) is 84.5 Å². The number of rotatable bonds is 7. The third kappa shape index (κ3) is 5.25. The van der Waals surface area contributed by atoms with Gasteiger partial charge in [-0.1, -0.05) is 12.1 Å². The van der Waals surface area contributed by atoms with Gasteiger partial charge < -0.3 is 18.9 Å². The fourth-order valence-electron chi connectivity index (χ4n) is 3.90. The SMILES string of the molecule is CCc1nccn1CCC(=O)N1CCCN(C(=O)CCc2c(C)noc2C)CC1. The molecule has 8 nitrogen and oxygen atoms in total. The van der Waals surface area contributed by atoms with Gasteiger partial charge in [0.05, 0.1) is 5.69 Å². The quantitative estimate of drug-likeness (QED) is 0.710. The molecule has 1 aliphatic heterocycles. The summed E-state index contributed by atoms with van der Waals surface area (Å²) in [5.74, 6) is 2.06. The molecule has 2 aromatic heterocycles. The molecule has 1 aliphatic rings. The molecule has 0 unspecified atom stereocenters. The number of aryl methyl sites for hydroxylation is 4. The average Bonchev–Trinajstić information content (AvgIpc) is 3.20. The van der Waals surface area contributed by atoms with Gasteiger partial charge in [-0.15, -0.1) is 0 Å². The fraction of sp³-hybridized carbons (Fsp3) is 0.619. The molecule has 0 spiro atoms. The molecule has 0 radical (unpaired) electrons. The van der Waals surface area contributed by atoms with Crippen LogP contribution in [0, 0.1) is 13.8 Å². The second kappa shape index (κ2) is 9.71. The number of nitrogens with zero attached hydrogens (tertiary/aromatic N) is 5. The van der Waals surface area contributed by atoms with E-state index in [0.717, 1.165) is 35.7 Å². The lowest BCUT2D eigenvalue weighted by Gasteiger charge is -2.22. The number of hydrogen-bond acceptors (Lipinski definition) is 5. The van der Waals surface area contributed by atoms with Crippen LogP contribution in [0.4, 0.5) is 0 Å². The van der Waals surface area contributed by atoms with Gasteiger partial charge in [0.25, 0.3) is 0 Å². The van der Waals surface area contributed by atoms with Gasteiger partial charge in [-0.2, -0.15) is 0 Å². The van der Waals surface area contributed by atoms with Crippen LogP contribution < -0.4 is 0 Å². The molecule has 0 N–H and O–H groups in total. The highest BCUT2D eigenvalue weighted by Gasteiger charge is 2.22. The molecule has 3 rings (SSSR count). The summed E-state index contributed by atoms with van der Waals surface area (Å²) in [5.41, 5.74) is 1.88. The van der Waals surface area contributed by atoms with Crippen LogP contribution >= 0.6 is 0 Å². The minimum absolute atomic E-state index is 0.130. The summed E-state index contributed by atoms with van der Waals surface area (Å²) in [6.45, 7) is 9.09. The van der Waals surface area contributed by atoms with E-state index in [1.807, 2.05) is 34.4 Å². The summed E-state index contributed by atoms with van der Waals surface area (Å²) in [5, 5.41) is 3.95. The van der Waals surface area contributed by atoms with Crippen molar-refractivity contribution in [1.82, 2.24) is 24.5 Å². The zero-order chi connectivity index (χ0) is 20.8. The van der Waals surface area contributed by atoms with Crippen molar-refractivity contribution in [3.05, 3.63) is 35.2 Å². The third-order valence-corrected chi connectivity index (χ3v) is 5.66. The van der Waals surface area contributed by atoms with Crippen molar-refractivity contribution in [2.75, 3.05) is 26.2 Å². The van der Waals surface area contributed by atoms with Crippen LogP contribution in [-0.4, -0.2) is 62.5 Å². The van der Waals surface area contributed by atoms with Crippen molar-refractivity contribution in [1.29, 1.82) is 0 Å². The number of imidazole rings is 1. The highest BCUT2D eigenvalue weighted by Crippen LogP contribution is 2.16. The van der Waals surface area contributed by atoms with Crippen molar-refractivity contribution in [2.45, 2.75) is 59.4 Å². The standard InChI is InChI=1S/C21H31N5O3/c1-4-19-22-9-13-24(19)12-8-21(28)26-11-5-10-25(14-15-26)20(27)7-6-18-16(2)23-29-17(18)3/h9,13H,4-8,10-12,14-15H2,1-3H3. The molecular formula is C21H31N5O3.